The van der Waals surface area contributed by atoms with Gasteiger partial charge in [-0.25, -0.2) is 66.1 Å². The van der Waals surface area contributed by atoms with Crippen LogP contribution in [0.2, 0.25) is 0 Å². The minimum atomic E-state index is -1.95. The Morgan fingerprint density at radius 3 is 0.740 bits per heavy atom. The van der Waals surface area contributed by atoms with E-state index in [2.05, 4.69) is 48.3 Å². The van der Waals surface area contributed by atoms with Gasteiger partial charge in [0.05, 0.1) is 0 Å². The van der Waals surface area contributed by atoms with Crippen molar-refractivity contribution in [1.29, 1.82) is 0 Å². The SMILES string of the molecule is CC(C)(C)OC(=O)NNC(=O)CC[C@H](NC(=O)CC[C@H](NC(=O)OCc1ccccc1)C(=O)N[C@@H](CCC(=O)NNC(=O)OC(C)(C)C)C(=O)N[C@@H](CCC(=O)NNC(=O)OC(C)(C)C)C(=O)NNC(=O)OC(C)(C)C)C(=O)N[C@@H](CCC(=O)NNC(=O)OC(C)(C)C)C(=O)NNC(=O)OC(C)(C)C. The first-order valence-electron chi connectivity index (χ1n) is 32.6. The highest BCUT2D eigenvalue weighted by Crippen LogP contribution is 2.14. The van der Waals surface area contributed by atoms with Crippen LogP contribution in [0.1, 0.15) is 194 Å². The lowest BCUT2D eigenvalue weighted by atomic mass is 10.0. The highest BCUT2D eigenvalue weighted by molar-refractivity contribution is 5.96. The normalized spacial score (nSPS) is 12.8. The molecule has 0 fully saturated rings. The quantitative estimate of drug-likeness (QED) is 0.0438. The fourth-order valence-corrected chi connectivity index (χ4v) is 7.67. The molecule has 0 aliphatic carbocycles. The van der Waals surface area contributed by atoms with Crippen molar-refractivity contribution in [3.8, 4) is 0 Å². The molecule has 0 heterocycles. The zero-order valence-electron chi connectivity index (χ0n) is 61.8. The number of carbonyl (C=O) groups excluding carboxylic acids is 17. The molecule has 1 aromatic carbocycles. The van der Waals surface area contributed by atoms with Crippen molar-refractivity contribution in [2.24, 2.45) is 0 Å². The van der Waals surface area contributed by atoms with Crippen molar-refractivity contribution in [3.63, 3.8) is 0 Å². The number of hydrogen-bond acceptors (Lipinski definition) is 24. The third-order valence-corrected chi connectivity index (χ3v) is 11.9. The van der Waals surface area contributed by atoms with Crippen LogP contribution in [0.25, 0.3) is 0 Å². The van der Waals surface area contributed by atoms with Crippen molar-refractivity contribution in [1.82, 2.24) is 91.7 Å². The molecular formula is C63H103N17O24. The Bertz CT molecular complexity index is 3170. The van der Waals surface area contributed by atoms with Gasteiger partial charge in [0.1, 0.15) is 70.4 Å². The standard InChI is InChI=1S/C63H103N17O24/c1-58(2,3)99-52(92)75-69-42(82)30-25-36(46(86)66-39(49(89)73-79-56(96)103-62(13,14)15)27-32-44(84)71-77-54(94)101-60(7,8)9)64-41(81)29-24-38(68-51(91)98-34-35-22-20-19-21-23-35)48(88)65-37(26-31-43(83)70-76-53(93)100-59(4,5)6)47(87)67-40(50(90)74-80-57(97)104-63(16,17)18)28-33-45(85)72-78-55(95)102-61(10,11)12/h19-23,36-40H,24-34H2,1-18H3,(H,64,81)(H,65,88)(H,66,86)(H,67,87)(H,68,91)(H,69,82)(H,70,83)(H,71,84)(H,72,85)(H,73,89)(H,74,90)(H,75,92)(H,76,93)(H,77,94)(H,78,95)(H,79,96)(H,80,97)/t36-,37-,38-,39-,40-/m0/s1. The van der Waals surface area contributed by atoms with E-state index in [1.165, 1.54) is 83.1 Å². The third-order valence-electron chi connectivity index (χ3n) is 11.9. The van der Waals surface area contributed by atoms with E-state index < -0.39 is 230 Å². The largest absolute Gasteiger partial charge is 0.445 e. The number of benzene rings is 1. The molecular weight excluding hydrogens is 1380 g/mol. The van der Waals surface area contributed by atoms with Gasteiger partial charge in [0.15, 0.2) is 0 Å². The predicted octanol–water partition coefficient (Wildman–Crippen LogP) is 1.46. The van der Waals surface area contributed by atoms with E-state index in [0.717, 1.165) is 0 Å². The number of rotatable bonds is 27. The summed E-state index contributed by atoms with van der Waals surface area (Å²) in [5.74, 6) is -11.2. The Balaban J connectivity index is 3.99. The molecule has 0 aromatic heterocycles. The molecule has 0 saturated heterocycles. The van der Waals surface area contributed by atoms with Crippen LogP contribution in [0.15, 0.2) is 30.3 Å². The summed E-state index contributed by atoms with van der Waals surface area (Å²) < 4.78 is 36.1. The fraction of sp³-hybridized carbons (Fsp3) is 0.635. The second-order valence-electron chi connectivity index (χ2n) is 28.7. The molecule has 5 atom stereocenters. The average molecular weight is 1480 g/mol. The Hall–Kier alpha value is -11.2. The fourth-order valence-electron chi connectivity index (χ4n) is 7.67. The highest BCUT2D eigenvalue weighted by Gasteiger charge is 2.35. The molecule has 17 amide bonds. The maximum Gasteiger partial charge on any atom is 0.426 e. The molecule has 0 saturated carbocycles. The summed E-state index contributed by atoms with van der Waals surface area (Å²) in [5.41, 5.74) is 18.8. The van der Waals surface area contributed by atoms with Crippen molar-refractivity contribution >= 4 is 102 Å². The van der Waals surface area contributed by atoms with Gasteiger partial charge in [-0.1, -0.05) is 30.3 Å². The molecule has 17 N–H and O–H groups in total. The monoisotopic (exact) mass is 1480 g/mol. The molecule has 41 heteroatoms. The van der Waals surface area contributed by atoms with Crippen LogP contribution in [0.3, 0.4) is 0 Å². The van der Waals surface area contributed by atoms with Crippen LogP contribution in [0, 0.1) is 0 Å². The first-order chi connectivity index (χ1) is 47.7. The Labute approximate surface area is 601 Å². The Kier molecular flexibility index (Phi) is 36.9. The van der Waals surface area contributed by atoms with E-state index in [0.29, 0.717) is 5.56 Å². The number of hydrogen-bond donors (Lipinski definition) is 17. The molecule has 584 valence electrons. The number of nitrogens with one attached hydrogen (secondary N) is 17. The predicted molar refractivity (Wildman–Crippen MR) is 363 cm³/mol. The van der Waals surface area contributed by atoms with Crippen LogP contribution >= 0.6 is 0 Å². The maximum atomic E-state index is 14.7. The molecule has 0 bridgehead atoms. The Morgan fingerprint density at radius 2 is 0.481 bits per heavy atom. The smallest absolute Gasteiger partial charge is 0.426 e. The zero-order valence-corrected chi connectivity index (χ0v) is 61.8. The number of carbonyl (C=O) groups is 17. The lowest BCUT2D eigenvalue weighted by Gasteiger charge is -2.26. The van der Waals surface area contributed by atoms with Gasteiger partial charge < -0.3 is 59.7 Å². The van der Waals surface area contributed by atoms with Crippen LogP contribution in [-0.2, 0) is 87.7 Å². The average Bonchev–Trinajstić information content (AvgIpc) is 0.860. The first kappa shape index (κ1) is 90.8. The van der Waals surface area contributed by atoms with E-state index in [4.69, 9.17) is 33.2 Å². The van der Waals surface area contributed by atoms with Gasteiger partial charge in [0, 0.05) is 32.1 Å². The summed E-state index contributed by atoms with van der Waals surface area (Å²) in [7, 11) is 0. The minimum Gasteiger partial charge on any atom is -0.445 e. The van der Waals surface area contributed by atoms with E-state index in [1.54, 1.807) is 71.9 Å². The third kappa shape index (κ3) is 45.5. The van der Waals surface area contributed by atoms with Crippen molar-refractivity contribution in [3.05, 3.63) is 35.9 Å². The van der Waals surface area contributed by atoms with Gasteiger partial charge in [-0.3, -0.25) is 80.5 Å². The van der Waals surface area contributed by atoms with E-state index in [9.17, 15) is 81.5 Å². The van der Waals surface area contributed by atoms with E-state index in [1.807, 2.05) is 43.4 Å². The van der Waals surface area contributed by atoms with Gasteiger partial charge >= 0.3 is 42.7 Å². The van der Waals surface area contributed by atoms with Gasteiger partial charge in [-0.2, -0.15) is 0 Å². The number of alkyl carbamates (subject to hydrolysis) is 1. The number of hydrazine groups is 6. The summed E-state index contributed by atoms with van der Waals surface area (Å²) in [5, 5.41) is 11.7. The molecule has 1 rings (SSSR count). The topological polar surface area (TPSA) is 559 Å². The van der Waals surface area contributed by atoms with Crippen LogP contribution in [0.4, 0.5) is 33.6 Å². The summed E-state index contributed by atoms with van der Waals surface area (Å²) in [6, 6.07) is -1.27. The molecule has 1 aromatic rings. The maximum absolute atomic E-state index is 14.7. The Morgan fingerprint density at radius 1 is 0.260 bits per heavy atom. The zero-order chi connectivity index (χ0) is 79.6. The molecule has 0 unspecified atom stereocenters. The molecule has 41 nitrogen and oxygen atoms in total. The number of amides is 17. The molecule has 0 aliphatic rings. The van der Waals surface area contributed by atoms with Gasteiger partial charge in [-0.15, -0.1) is 0 Å². The summed E-state index contributed by atoms with van der Waals surface area (Å²) in [6.07, 6.45) is -14.9. The highest BCUT2D eigenvalue weighted by atomic mass is 16.6. The van der Waals surface area contributed by atoms with Gasteiger partial charge in [0.25, 0.3) is 11.8 Å². The molecule has 0 radical (unpaired) electrons. The van der Waals surface area contributed by atoms with E-state index in [-0.39, 0.29) is 6.61 Å². The lowest BCUT2D eigenvalue weighted by Crippen LogP contribution is -2.58. The molecule has 0 spiro atoms. The summed E-state index contributed by atoms with van der Waals surface area (Å²) >= 11 is 0. The number of ether oxygens (including phenoxy) is 7. The van der Waals surface area contributed by atoms with Crippen LogP contribution in [-0.4, -0.2) is 166 Å². The minimum absolute atomic E-state index is 0.387. The van der Waals surface area contributed by atoms with Gasteiger partial charge in [0.2, 0.25) is 47.3 Å². The van der Waals surface area contributed by atoms with Crippen molar-refractivity contribution < 1.29 is 115 Å². The summed E-state index contributed by atoms with van der Waals surface area (Å²) in [4.78, 5) is 226. The molecule has 0 aliphatic heterocycles. The van der Waals surface area contributed by atoms with Crippen LogP contribution in [0.5, 0.6) is 0 Å². The molecule has 104 heavy (non-hydrogen) atoms. The van der Waals surface area contributed by atoms with Gasteiger partial charge in [-0.05, 0) is 162 Å². The summed E-state index contributed by atoms with van der Waals surface area (Å²) in [6.45, 7) is 27.2. The second kappa shape index (κ2) is 42.3. The van der Waals surface area contributed by atoms with E-state index >= 15 is 0 Å². The second-order valence-corrected chi connectivity index (χ2v) is 28.7. The van der Waals surface area contributed by atoms with Crippen molar-refractivity contribution in [2.45, 2.75) is 259 Å². The first-order valence-corrected chi connectivity index (χ1v) is 32.6. The van der Waals surface area contributed by atoms with Crippen LogP contribution < -0.4 is 91.7 Å². The van der Waals surface area contributed by atoms with Crippen molar-refractivity contribution in [2.75, 3.05) is 0 Å². The lowest BCUT2D eigenvalue weighted by molar-refractivity contribution is -0.134.